The monoisotopic (exact) mass is 289 g/mol. The van der Waals surface area contributed by atoms with Crippen LogP contribution in [0.4, 0.5) is 0 Å². The van der Waals surface area contributed by atoms with Crippen LogP contribution in [-0.2, 0) is 16.8 Å². The molecular weight excluding hydrogens is 266 g/mol. The largest absolute Gasteiger partial charge is 0.368 e. The average Bonchev–Trinajstić information content (AvgIpc) is 2.95. The second kappa shape index (κ2) is 6.83. The SMILES string of the molecule is CCOC(C)(C)c1noc(CC(NC)c2ccccc2)n1. The molecule has 2 rings (SSSR count). The zero-order valence-electron chi connectivity index (χ0n) is 13.1. The summed E-state index contributed by atoms with van der Waals surface area (Å²) in [6.07, 6.45) is 0.649. The second-order valence-corrected chi connectivity index (χ2v) is 5.41. The first-order chi connectivity index (χ1) is 10.1. The highest BCUT2D eigenvalue weighted by Crippen LogP contribution is 2.23. The number of nitrogens with one attached hydrogen (secondary N) is 1. The molecule has 2 aromatic rings. The molecule has 0 aliphatic rings. The highest BCUT2D eigenvalue weighted by molar-refractivity contribution is 5.19. The lowest BCUT2D eigenvalue weighted by atomic mass is 10.0. The molecule has 1 unspecified atom stereocenters. The van der Waals surface area contributed by atoms with Gasteiger partial charge >= 0.3 is 0 Å². The maximum atomic E-state index is 5.64. The van der Waals surface area contributed by atoms with Crippen LogP contribution in [0.25, 0.3) is 0 Å². The third-order valence-corrected chi connectivity index (χ3v) is 3.44. The lowest BCUT2D eigenvalue weighted by Crippen LogP contribution is -2.23. The smallest absolute Gasteiger partial charge is 0.228 e. The van der Waals surface area contributed by atoms with Gasteiger partial charge in [0.05, 0.1) is 0 Å². The Morgan fingerprint density at radius 1 is 1.29 bits per heavy atom. The van der Waals surface area contributed by atoms with Crippen LogP contribution in [0.3, 0.4) is 0 Å². The van der Waals surface area contributed by atoms with Crippen molar-refractivity contribution >= 4 is 0 Å². The van der Waals surface area contributed by atoms with Gasteiger partial charge in [0, 0.05) is 19.1 Å². The molecule has 5 heteroatoms. The van der Waals surface area contributed by atoms with Crippen molar-refractivity contribution in [3.8, 4) is 0 Å². The molecule has 0 bridgehead atoms. The van der Waals surface area contributed by atoms with Gasteiger partial charge in [0.1, 0.15) is 5.60 Å². The standard InChI is InChI=1S/C16H23N3O2/c1-5-20-16(2,3)15-18-14(21-19-15)11-13(17-4)12-9-7-6-8-10-12/h6-10,13,17H,5,11H2,1-4H3. The van der Waals surface area contributed by atoms with E-state index < -0.39 is 5.60 Å². The van der Waals surface area contributed by atoms with Gasteiger partial charge in [-0.05, 0) is 33.4 Å². The molecule has 1 aromatic heterocycles. The van der Waals surface area contributed by atoms with Crippen molar-refractivity contribution in [2.24, 2.45) is 0 Å². The molecule has 0 amide bonds. The van der Waals surface area contributed by atoms with E-state index >= 15 is 0 Å². The first-order valence-corrected chi connectivity index (χ1v) is 7.26. The summed E-state index contributed by atoms with van der Waals surface area (Å²) >= 11 is 0. The van der Waals surface area contributed by atoms with E-state index in [4.69, 9.17) is 9.26 Å². The minimum absolute atomic E-state index is 0.148. The number of nitrogens with zero attached hydrogens (tertiary/aromatic N) is 2. The maximum Gasteiger partial charge on any atom is 0.228 e. The summed E-state index contributed by atoms with van der Waals surface area (Å²) in [6, 6.07) is 10.4. The maximum absolute atomic E-state index is 5.64. The Kier molecular flexibility index (Phi) is 5.09. The summed E-state index contributed by atoms with van der Waals surface area (Å²) in [4.78, 5) is 4.47. The van der Waals surface area contributed by atoms with E-state index in [1.54, 1.807) is 0 Å². The fraction of sp³-hybridized carbons (Fsp3) is 0.500. The fourth-order valence-electron chi connectivity index (χ4n) is 2.25. The quantitative estimate of drug-likeness (QED) is 0.849. The van der Waals surface area contributed by atoms with Crippen molar-refractivity contribution in [2.45, 2.75) is 38.8 Å². The Hall–Kier alpha value is -1.72. The van der Waals surface area contributed by atoms with Crippen molar-refractivity contribution in [3.05, 3.63) is 47.6 Å². The van der Waals surface area contributed by atoms with Gasteiger partial charge in [-0.2, -0.15) is 4.98 Å². The lowest BCUT2D eigenvalue weighted by molar-refractivity contribution is -0.0221. The average molecular weight is 289 g/mol. The summed E-state index contributed by atoms with van der Waals surface area (Å²) in [5.74, 6) is 1.20. The topological polar surface area (TPSA) is 60.2 Å². The molecule has 114 valence electrons. The van der Waals surface area contributed by atoms with Crippen LogP contribution in [0.5, 0.6) is 0 Å². The molecule has 1 N–H and O–H groups in total. The third kappa shape index (κ3) is 3.89. The predicted octanol–water partition coefficient (Wildman–Crippen LogP) is 2.84. The molecule has 1 aromatic carbocycles. The van der Waals surface area contributed by atoms with E-state index in [0.717, 1.165) is 0 Å². The molecule has 0 saturated heterocycles. The second-order valence-electron chi connectivity index (χ2n) is 5.41. The van der Waals surface area contributed by atoms with Crippen LogP contribution in [0, 0.1) is 0 Å². The van der Waals surface area contributed by atoms with Crippen molar-refractivity contribution in [3.63, 3.8) is 0 Å². The third-order valence-electron chi connectivity index (χ3n) is 3.44. The Balaban J connectivity index is 2.11. The molecule has 0 aliphatic carbocycles. The summed E-state index contributed by atoms with van der Waals surface area (Å²) in [7, 11) is 1.93. The predicted molar refractivity (Wildman–Crippen MR) is 80.9 cm³/mol. The number of hydrogen-bond acceptors (Lipinski definition) is 5. The highest BCUT2D eigenvalue weighted by atomic mass is 16.5. The highest BCUT2D eigenvalue weighted by Gasteiger charge is 2.27. The van der Waals surface area contributed by atoms with Gasteiger partial charge in [0.25, 0.3) is 0 Å². The van der Waals surface area contributed by atoms with Crippen molar-refractivity contribution in [1.29, 1.82) is 0 Å². The van der Waals surface area contributed by atoms with E-state index in [9.17, 15) is 0 Å². The molecule has 0 aliphatic heterocycles. The van der Waals surface area contributed by atoms with Crippen LogP contribution in [-0.4, -0.2) is 23.8 Å². The van der Waals surface area contributed by atoms with Gasteiger partial charge < -0.3 is 14.6 Å². The van der Waals surface area contributed by atoms with Crippen LogP contribution in [0.15, 0.2) is 34.9 Å². The van der Waals surface area contributed by atoms with E-state index in [2.05, 4.69) is 27.6 Å². The minimum Gasteiger partial charge on any atom is -0.368 e. The molecule has 1 atom stereocenters. The number of ether oxygens (including phenoxy) is 1. The zero-order valence-corrected chi connectivity index (χ0v) is 13.1. The molecule has 0 fully saturated rings. The summed E-state index contributed by atoms with van der Waals surface area (Å²) < 4.78 is 11.0. The molecule has 0 radical (unpaired) electrons. The first-order valence-electron chi connectivity index (χ1n) is 7.26. The number of likely N-dealkylation sites (N-methyl/N-ethyl adjacent to an activating group) is 1. The Morgan fingerprint density at radius 2 is 2.00 bits per heavy atom. The fourth-order valence-corrected chi connectivity index (χ4v) is 2.25. The van der Waals surface area contributed by atoms with Gasteiger partial charge in [0.15, 0.2) is 0 Å². The normalized spacial score (nSPS) is 13.3. The number of rotatable bonds is 7. The molecule has 0 saturated carbocycles. The van der Waals surface area contributed by atoms with Crippen LogP contribution < -0.4 is 5.32 Å². The van der Waals surface area contributed by atoms with Gasteiger partial charge in [0.2, 0.25) is 11.7 Å². The molecular formula is C16H23N3O2. The molecule has 21 heavy (non-hydrogen) atoms. The van der Waals surface area contributed by atoms with Crippen LogP contribution in [0.2, 0.25) is 0 Å². The van der Waals surface area contributed by atoms with Gasteiger partial charge in [-0.25, -0.2) is 0 Å². The number of hydrogen-bond donors (Lipinski definition) is 1. The van der Waals surface area contributed by atoms with Gasteiger partial charge in [-0.1, -0.05) is 35.5 Å². The van der Waals surface area contributed by atoms with Crippen molar-refractivity contribution in [2.75, 3.05) is 13.7 Å². The Morgan fingerprint density at radius 3 is 2.62 bits per heavy atom. The molecule has 1 heterocycles. The first kappa shape index (κ1) is 15.7. The van der Waals surface area contributed by atoms with E-state index in [1.807, 2.05) is 46.0 Å². The lowest BCUT2D eigenvalue weighted by Gasteiger charge is -2.19. The van der Waals surface area contributed by atoms with Crippen molar-refractivity contribution < 1.29 is 9.26 Å². The molecule has 5 nitrogen and oxygen atoms in total. The van der Waals surface area contributed by atoms with E-state index in [1.165, 1.54) is 5.56 Å². The summed E-state index contributed by atoms with van der Waals surface area (Å²) in [5, 5.41) is 7.33. The Labute approximate surface area is 125 Å². The van der Waals surface area contributed by atoms with E-state index in [0.29, 0.717) is 24.7 Å². The van der Waals surface area contributed by atoms with E-state index in [-0.39, 0.29) is 6.04 Å². The minimum atomic E-state index is -0.529. The van der Waals surface area contributed by atoms with Gasteiger partial charge in [-0.15, -0.1) is 0 Å². The number of aromatic nitrogens is 2. The summed E-state index contributed by atoms with van der Waals surface area (Å²) in [6.45, 7) is 6.45. The van der Waals surface area contributed by atoms with Crippen LogP contribution in [0.1, 0.15) is 44.1 Å². The number of benzene rings is 1. The van der Waals surface area contributed by atoms with Gasteiger partial charge in [-0.3, -0.25) is 0 Å². The molecule has 0 spiro atoms. The zero-order chi connectivity index (χ0) is 15.3. The Bertz CT molecular complexity index is 552. The summed E-state index contributed by atoms with van der Waals surface area (Å²) in [5.41, 5.74) is 0.669. The van der Waals surface area contributed by atoms with Crippen molar-refractivity contribution in [1.82, 2.24) is 15.5 Å². The van der Waals surface area contributed by atoms with Crippen LogP contribution >= 0.6 is 0 Å².